The summed E-state index contributed by atoms with van der Waals surface area (Å²) in [6.45, 7) is 3.69. The highest BCUT2D eigenvalue weighted by atomic mass is 15.4. The second kappa shape index (κ2) is 5.21. The number of imidazole rings is 1. The summed E-state index contributed by atoms with van der Waals surface area (Å²) in [7, 11) is 4.12. The first-order valence-corrected chi connectivity index (χ1v) is 6.99. The molecule has 0 aliphatic heterocycles. The maximum atomic E-state index is 6.06. The minimum atomic E-state index is 0.605. The van der Waals surface area contributed by atoms with Crippen LogP contribution in [0.25, 0.3) is 17.0 Å². The number of hydrogen-bond donors (Lipinski definition) is 1. The van der Waals surface area contributed by atoms with Gasteiger partial charge in [0.05, 0.1) is 16.7 Å². The standard InChI is InChI=1S/C15H20N6/c1-11-10-14(16)21(18-11)15-17-12-6-4-5-7-13(12)20(15)9-8-19(2)3/h4-7,10H,8-9,16H2,1-3H3. The van der Waals surface area contributed by atoms with Crippen molar-refractivity contribution in [3.05, 3.63) is 36.0 Å². The van der Waals surface area contributed by atoms with Crippen molar-refractivity contribution in [3.8, 4) is 5.95 Å². The summed E-state index contributed by atoms with van der Waals surface area (Å²) >= 11 is 0. The fourth-order valence-corrected chi connectivity index (χ4v) is 2.42. The predicted octanol–water partition coefficient (Wildman–Crippen LogP) is 1.67. The number of nitrogens with zero attached hydrogens (tertiary/aromatic N) is 5. The van der Waals surface area contributed by atoms with Crippen molar-refractivity contribution < 1.29 is 0 Å². The fraction of sp³-hybridized carbons (Fsp3) is 0.333. The number of hydrogen-bond acceptors (Lipinski definition) is 4. The zero-order valence-corrected chi connectivity index (χ0v) is 12.6. The van der Waals surface area contributed by atoms with Gasteiger partial charge in [0.25, 0.3) is 0 Å². The van der Waals surface area contributed by atoms with Crippen molar-refractivity contribution in [2.45, 2.75) is 13.5 Å². The van der Waals surface area contributed by atoms with E-state index in [9.17, 15) is 0 Å². The van der Waals surface area contributed by atoms with E-state index in [0.29, 0.717) is 5.82 Å². The van der Waals surface area contributed by atoms with E-state index >= 15 is 0 Å². The Hall–Kier alpha value is -2.34. The van der Waals surface area contributed by atoms with Crippen LogP contribution in [0.15, 0.2) is 30.3 Å². The third-order valence-corrected chi connectivity index (χ3v) is 3.45. The lowest BCUT2D eigenvalue weighted by Gasteiger charge is -2.13. The second-order valence-electron chi connectivity index (χ2n) is 5.48. The van der Waals surface area contributed by atoms with E-state index in [1.165, 1.54) is 0 Å². The number of nitrogen functional groups attached to an aromatic ring is 1. The van der Waals surface area contributed by atoms with Crippen LogP contribution in [0.5, 0.6) is 0 Å². The Morgan fingerprint density at radius 3 is 2.67 bits per heavy atom. The van der Waals surface area contributed by atoms with Gasteiger partial charge in [0, 0.05) is 19.2 Å². The van der Waals surface area contributed by atoms with Gasteiger partial charge in [-0.15, -0.1) is 0 Å². The van der Waals surface area contributed by atoms with Crippen LogP contribution in [-0.2, 0) is 6.54 Å². The van der Waals surface area contributed by atoms with Crippen molar-refractivity contribution >= 4 is 16.9 Å². The van der Waals surface area contributed by atoms with Crippen LogP contribution in [-0.4, -0.2) is 44.9 Å². The van der Waals surface area contributed by atoms with Crippen molar-refractivity contribution in [2.75, 3.05) is 26.4 Å². The van der Waals surface area contributed by atoms with Crippen molar-refractivity contribution in [3.63, 3.8) is 0 Å². The summed E-state index contributed by atoms with van der Waals surface area (Å²) in [6, 6.07) is 9.96. The third kappa shape index (κ3) is 2.50. The van der Waals surface area contributed by atoms with Crippen LogP contribution >= 0.6 is 0 Å². The van der Waals surface area contributed by atoms with Gasteiger partial charge in [-0.05, 0) is 33.2 Å². The molecule has 0 bridgehead atoms. The average Bonchev–Trinajstić information content (AvgIpc) is 2.96. The van der Waals surface area contributed by atoms with Crippen LogP contribution in [0.4, 0.5) is 5.82 Å². The summed E-state index contributed by atoms with van der Waals surface area (Å²) < 4.78 is 3.88. The first kappa shape index (κ1) is 13.6. The van der Waals surface area contributed by atoms with Crippen LogP contribution in [0.1, 0.15) is 5.69 Å². The number of likely N-dealkylation sites (N-methyl/N-ethyl adjacent to an activating group) is 1. The lowest BCUT2D eigenvalue weighted by atomic mass is 10.3. The molecule has 110 valence electrons. The molecule has 0 aliphatic rings. The maximum Gasteiger partial charge on any atom is 0.233 e. The van der Waals surface area contributed by atoms with E-state index in [1.54, 1.807) is 4.68 Å². The summed E-state index contributed by atoms with van der Waals surface area (Å²) in [5, 5.41) is 4.46. The molecular weight excluding hydrogens is 264 g/mol. The molecule has 3 aromatic rings. The van der Waals surface area contributed by atoms with E-state index in [-0.39, 0.29) is 0 Å². The van der Waals surface area contributed by atoms with E-state index in [2.05, 4.69) is 34.7 Å². The molecule has 0 spiro atoms. The van der Waals surface area contributed by atoms with Gasteiger partial charge in [0.2, 0.25) is 5.95 Å². The van der Waals surface area contributed by atoms with E-state index in [4.69, 9.17) is 10.7 Å². The van der Waals surface area contributed by atoms with Gasteiger partial charge < -0.3 is 15.2 Å². The first-order valence-electron chi connectivity index (χ1n) is 6.99. The van der Waals surface area contributed by atoms with Crippen molar-refractivity contribution in [2.24, 2.45) is 0 Å². The third-order valence-electron chi connectivity index (χ3n) is 3.45. The number of para-hydroxylation sites is 2. The molecule has 0 unspecified atom stereocenters. The molecule has 2 heterocycles. The zero-order chi connectivity index (χ0) is 15.0. The number of fused-ring (bicyclic) bond motifs is 1. The van der Waals surface area contributed by atoms with Crippen LogP contribution < -0.4 is 5.73 Å². The largest absolute Gasteiger partial charge is 0.383 e. The van der Waals surface area contributed by atoms with Gasteiger partial charge in [0.15, 0.2) is 0 Å². The van der Waals surface area contributed by atoms with Crippen LogP contribution in [0.2, 0.25) is 0 Å². The van der Waals surface area contributed by atoms with E-state index in [1.807, 2.05) is 31.2 Å². The molecule has 1 aromatic carbocycles. The van der Waals surface area contributed by atoms with E-state index in [0.717, 1.165) is 35.8 Å². The van der Waals surface area contributed by atoms with Gasteiger partial charge >= 0.3 is 0 Å². The predicted molar refractivity (Wildman–Crippen MR) is 84.6 cm³/mol. The highest BCUT2D eigenvalue weighted by Crippen LogP contribution is 2.21. The second-order valence-corrected chi connectivity index (χ2v) is 5.48. The highest BCUT2D eigenvalue weighted by molar-refractivity contribution is 5.77. The normalized spacial score (nSPS) is 11.6. The topological polar surface area (TPSA) is 64.9 Å². The Morgan fingerprint density at radius 2 is 2.00 bits per heavy atom. The summed E-state index contributed by atoms with van der Waals surface area (Å²) in [4.78, 5) is 6.85. The molecule has 0 amide bonds. The van der Waals surface area contributed by atoms with Gasteiger partial charge in [-0.25, -0.2) is 4.98 Å². The minimum Gasteiger partial charge on any atom is -0.383 e. The monoisotopic (exact) mass is 284 g/mol. The number of nitrogens with two attached hydrogens (primary N) is 1. The van der Waals surface area contributed by atoms with Crippen LogP contribution in [0.3, 0.4) is 0 Å². The maximum absolute atomic E-state index is 6.06. The lowest BCUT2D eigenvalue weighted by molar-refractivity contribution is 0.385. The van der Waals surface area contributed by atoms with Crippen molar-refractivity contribution in [1.29, 1.82) is 0 Å². The average molecular weight is 284 g/mol. The molecule has 0 aliphatic carbocycles. The van der Waals surface area contributed by atoms with Gasteiger partial charge in [-0.3, -0.25) is 0 Å². The minimum absolute atomic E-state index is 0.605. The first-order chi connectivity index (χ1) is 10.1. The van der Waals surface area contributed by atoms with Crippen molar-refractivity contribution in [1.82, 2.24) is 24.2 Å². The molecule has 6 nitrogen and oxygen atoms in total. The highest BCUT2D eigenvalue weighted by Gasteiger charge is 2.15. The number of aryl methyl sites for hydroxylation is 1. The summed E-state index contributed by atoms with van der Waals surface area (Å²) in [5.74, 6) is 1.37. The van der Waals surface area contributed by atoms with Crippen LogP contribution in [0, 0.1) is 6.92 Å². The fourth-order valence-electron chi connectivity index (χ4n) is 2.42. The quantitative estimate of drug-likeness (QED) is 0.791. The SMILES string of the molecule is Cc1cc(N)n(-c2nc3ccccc3n2CCN(C)C)n1. The molecule has 0 saturated heterocycles. The Labute approximate surface area is 123 Å². The number of aromatic nitrogens is 4. The van der Waals surface area contributed by atoms with Gasteiger partial charge in [-0.2, -0.15) is 9.78 Å². The molecule has 3 rings (SSSR count). The molecule has 0 atom stereocenters. The molecule has 0 saturated carbocycles. The molecule has 21 heavy (non-hydrogen) atoms. The number of benzene rings is 1. The molecule has 0 fully saturated rings. The molecular formula is C15H20N6. The number of rotatable bonds is 4. The Kier molecular flexibility index (Phi) is 3.39. The summed E-state index contributed by atoms with van der Waals surface area (Å²) in [5.41, 5.74) is 9.00. The van der Waals surface area contributed by atoms with Gasteiger partial charge in [-0.1, -0.05) is 12.1 Å². The molecule has 2 aromatic heterocycles. The smallest absolute Gasteiger partial charge is 0.233 e. The summed E-state index contributed by atoms with van der Waals surface area (Å²) in [6.07, 6.45) is 0. The Balaban J connectivity index is 2.16. The zero-order valence-electron chi connectivity index (χ0n) is 12.6. The Morgan fingerprint density at radius 1 is 1.24 bits per heavy atom. The number of anilines is 1. The molecule has 0 radical (unpaired) electrons. The van der Waals surface area contributed by atoms with E-state index < -0.39 is 0 Å². The lowest BCUT2D eigenvalue weighted by Crippen LogP contribution is -2.20. The molecule has 6 heteroatoms. The molecule has 2 N–H and O–H groups in total. The Bertz CT molecular complexity index is 768. The van der Waals surface area contributed by atoms with Gasteiger partial charge in [0.1, 0.15) is 5.82 Å².